The van der Waals surface area contributed by atoms with Gasteiger partial charge in [-0.3, -0.25) is 0 Å². The monoisotopic (exact) mass is 194 g/mol. The quantitative estimate of drug-likeness (QED) is 0.666. The molecule has 76 valence electrons. The van der Waals surface area contributed by atoms with Gasteiger partial charge in [-0.15, -0.1) is 0 Å². The Labute approximate surface area is 84.2 Å². The van der Waals surface area contributed by atoms with E-state index in [1.165, 1.54) is 6.07 Å². The van der Waals surface area contributed by atoms with Crippen LogP contribution in [-0.2, 0) is 0 Å². The summed E-state index contributed by atoms with van der Waals surface area (Å²) in [5.41, 5.74) is 1.07. The summed E-state index contributed by atoms with van der Waals surface area (Å²) in [6.07, 6.45) is 1.60. The second kappa shape index (κ2) is 4.80. The van der Waals surface area contributed by atoms with Crippen molar-refractivity contribution in [2.75, 3.05) is 6.61 Å². The highest BCUT2D eigenvalue weighted by Crippen LogP contribution is 2.23. The van der Waals surface area contributed by atoms with Crippen molar-refractivity contribution >= 4 is 0 Å². The predicted octanol–water partition coefficient (Wildman–Crippen LogP) is 3.51. The summed E-state index contributed by atoms with van der Waals surface area (Å²) in [4.78, 5) is 0. The molecule has 0 aromatic heterocycles. The van der Waals surface area contributed by atoms with Crippen LogP contribution in [0.15, 0.2) is 30.9 Å². The minimum atomic E-state index is -0.323. The number of hydrogen-bond donors (Lipinski definition) is 0. The third kappa shape index (κ3) is 2.59. The minimum absolute atomic E-state index is 0.302. The number of rotatable bonds is 4. The Morgan fingerprint density at radius 1 is 1.50 bits per heavy atom. The van der Waals surface area contributed by atoms with Crippen molar-refractivity contribution in [2.24, 2.45) is 0 Å². The van der Waals surface area contributed by atoms with Crippen LogP contribution in [-0.4, -0.2) is 6.61 Å². The maximum absolute atomic E-state index is 13.2. The SMILES string of the molecule is C=CCOc1cc(C(C)C)ccc1F. The van der Waals surface area contributed by atoms with Gasteiger partial charge in [0.1, 0.15) is 6.61 Å². The first-order valence-electron chi connectivity index (χ1n) is 4.68. The summed E-state index contributed by atoms with van der Waals surface area (Å²) < 4.78 is 18.4. The Balaban J connectivity index is 2.90. The predicted molar refractivity (Wildman–Crippen MR) is 56.2 cm³/mol. The highest BCUT2D eigenvalue weighted by Gasteiger charge is 2.06. The first-order valence-corrected chi connectivity index (χ1v) is 4.68. The molecule has 0 N–H and O–H groups in total. The van der Waals surface area contributed by atoms with Crippen molar-refractivity contribution in [3.05, 3.63) is 42.2 Å². The van der Waals surface area contributed by atoms with Gasteiger partial charge >= 0.3 is 0 Å². The summed E-state index contributed by atoms with van der Waals surface area (Å²) in [6, 6.07) is 4.96. The summed E-state index contributed by atoms with van der Waals surface area (Å²) in [7, 11) is 0. The lowest BCUT2D eigenvalue weighted by Crippen LogP contribution is -1.97. The molecule has 0 aliphatic heterocycles. The molecule has 0 bridgehead atoms. The molecule has 0 saturated carbocycles. The molecule has 2 heteroatoms. The third-order valence-electron chi connectivity index (χ3n) is 1.98. The van der Waals surface area contributed by atoms with Crippen LogP contribution in [0.4, 0.5) is 4.39 Å². The van der Waals surface area contributed by atoms with Gasteiger partial charge < -0.3 is 4.74 Å². The number of hydrogen-bond acceptors (Lipinski definition) is 1. The van der Waals surface area contributed by atoms with E-state index in [9.17, 15) is 4.39 Å². The molecule has 0 heterocycles. The van der Waals surface area contributed by atoms with Crippen LogP contribution in [0.2, 0.25) is 0 Å². The van der Waals surface area contributed by atoms with E-state index in [4.69, 9.17) is 4.74 Å². The molecule has 14 heavy (non-hydrogen) atoms. The van der Waals surface area contributed by atoms with Crippen molar-refractivity contribution in [3.8, 4) is 5.75 Å². The van der Waals surface area contributed by atoms with Crippen molar-refractivity contribution in [1.29, 1.82) is 0 Å². The van der Waals surface area contributed by atoms with Gasteiger partial charge in [0.25, 0.3) is 0 Å². The molecule has 0 aliphatic rings. The average molecular weight is 194 g/mol. The molecule has 0 radical (unpaired) electrons. The van der Waals surface area contributed by atoms with Gasteiger partial charge in [-0.25, -0.2) is 4.39 Å². The molecule has 0 amide bonds. The Bertz CT molecular complexity index is 318. The summed E-state index contributed by atoms with van der Waals surface area (Å²) in [5, 5.41) is 0. The fourth-order valence-electron chi connectivity index (χ4n) is 1.14. The maximum Gasteiger partial charge on any atom is 0.165 e. The maximum atomic E-state index is 13.2. The lowest BCUT2D eigenvalue weighted by molar-refractivity contribution is 0.341. The van der Waals surface area contributed by atoms with Gasteiger partial charge in [-0.2, -0.15) is 0 Å². The molecule has 0 saturated heterocycles. The molecule has 1 aromatic carbocycles. The zero-order chi connectivity index (χ0) is 10.6. The van der Waals surface area contributed by atoms with Gasteiger partial charge in [0.2, 0.25) is 0 Å². The molecule has 0 atom stereocenters. The molecule has 0 aliphatic carbocycles. The first-order chi connectivity index (χ1) is 6.65. The van der Waals surface area contributed by atoms with Gasteiger partial charge in [0, 0.05) is 0 Å². The number of benzene rings is 1. The second-order valence-corrected chi connectivity index (χ2v) is 3.44. The van der Waals surface area contributed by atoms with E-state index in [1.807, 2.05) is 0 Å². The van der Waals surface area contributed by atoms with E-state index >= 15 is 0 Å². The molecular weight excluding hydrogens is 179 g/mol. The van der Waals surface area contributed by atoms with Crippen LogP contribution in [0.5, 0.6) is 5.75 Å². The Kier molecular flexibility index (Phi) is 3.69. The van der Waals surface area contributed by atoms with E-state index in [1.54, 1.807) is 18.2 Å². The zero-order valence-corrected chi connectivity index (χ0v) is 8.59. The molecule has 1 rings (SSSR count). The van der Waals surface area contributed by atoms with Gasteiger partial charge in [-0.1, -0.05) is 32.6 Å². The number of ether oxygens (including phenoxy) is 1. The van der Waals surface area contributed by atoms with Gasteiger partial charge in [0.05, 0.1) is 0 Å². The number of halogens is 1. The second-order valence-electron chi connectivity index (χ2n) is 3.44. The van der Waals surface area contributed by atoms with E-state index in [0.29, 0.717) is 18.3 Å². The van der Waals surface area contributed by atoms with Crippen LogP contribution in [0.25, 0.3) is 0 Å². The van der Waals surface area contributed by atoms with Crippen LogP contribution >= 0.6 is 0 Å². The smallest absolute Gasteiger partial charge is 0.165 e. The fourth-order valence-corrected chi connectivity index (χ4v) is 1.14. The molecule has 0 fully saturated rings. The van der Waals surface area contributed by atoms with Crippen molar-refractivity contribution in [3.63, 3.8) is 0 Å². The summed E-state index contributed by atoms with van der Waals surface area (Å²) in [5.74, 6) is 0.356. The van der Waals surface area contributed by atoms with Crippen molar-refractivity contribution in [1.82, 2.24) is 0 Å². The summed E-state index contributed by atoms with van der Waals surface area (Å²) >= 11 is 0. The average Bonchev–Trinajstić information content (AvgIpc) is 2.16. The standard InChI is InChI=1S/C12H15FO/c1-4-7-14-12-8-10(9(2)3)5-6-11(12)13/h4-6,8-9H,1,7H2,2-3H3. The molecular formula is C12H15FO. The Morgan fingerprint density at radius 2 is 2.21 bits per heavy atom. The highest BCUT2D eigenvalue weighted by atomic mass is 19.1. The Morgan fingerprint density at radius 3 is 2.79 bits per heavy atom. The summed E-state index contributed by atoms with van der Waals surface area (Å²) in [6.45, 7) is 7.97. The third-order valence-corrected chi connectivity index (χ3v) is 1.98. The highest BCUT2D eigenvalue weighted by molar-refractivity contribution is 5.32. The normalized spacial score (nSPS) is 10.3. The molecule has 0 unspecified atom stereocenters. The topological polar surface area (TPSA) is 9.23 Å². The van der Waals surface area contributed by atoms with E-state index in [-0.39, 0.29) is 5.82 Å². The van der Waals surface area contributed by atoms with Crippen molar-refractivity contribution < 1.29 is 9.13 Å². The van der Waals surface area contributed by atoms with Crippen LogP contribution in [0, 0.1) is 5.82 Å². The Hall–Kier alpha value is -1.31. The molecule has 1 aromatic rings. The zero-order valence-electron chi connectivity index (χ0n) is 8.59. The van der Waals surface area contributed by atoms with Crippen LogP contribution in [0.3, 0.4) is 0 Å². The van der Waals surface area contributed by atoms with Crippen LogP contribution < -0.4 is 4.74 Å². The van der Waals surface area contributed by atoms with E-state index < -0.39 is 0 Å². The largest absolute Gasteiger partial charge is 0.486 e. The van der Waals surface area contributed by atoms with Crippen molar-refractivity contribution in [2.45, 2.75) is 19.8 Å². The van der Waals surface area contributed by atoms with Crippen LogP contribution in [0.1, 0.15) is 25.3 Å². The lowest BCUT2D eigenvalue weighted by Gasteiger charge is -2.09. The first kappa shape index (κ1) is 10.8. The lowest BCUT2D eigenvalue weighted by atomic mass is 10.0. The molecule has 1 nitrogen and oxygen atoms in total. The fraction of sp³-hybridized carbons (Fsp3) is 0.333. The van der Waals surface area contributed by atoms with E-state index in [2.05, 4.69) is 20.4 Å². The van der Waals surface area contributed by atoms with Gasteiger partial charge in [-0.05, 0) is 23.6 Å². The van der Waals surface area contributed by atoms with E-state index in [0.717, 1.165) is 5.56 Å². The van der Waals surface area contributed by atoms with Gasteiger partial charge in [0.15, 0.2) is 11.6 Å². The minimum Gasteiger partial charge on any atom is -0.486 e. The molecule has 0 spiro atoms.